The van der Waals surface area contributed by atoms with E-state index in [4.69, 9.17) is 0 Å². The second kappa shape index (κ2) is 9.81. The van der Waals surface area contributed by atoms with Crippen LogP contribution in [0.1, 0.15) is 55.1 Å². The summed E-state index contributed by atoms with van der Waals surface area (Å²) in [6.45, 7) is 9.12. The number of hydrogen-bond acceptors (Lipinski definition) is 3. The van der Waals surface area contributed by atoms with E-state index in [1.165, 1.54) is 33.8 Å². The molecule has 0 aromatic heterocycles. The molecule has 0 saturated carbocycles. The van der Waals surface area contributed by atoms with Crippen LogP contribution >= 0.6 is 0 Å². The standard InChI is InChI=1S/C24H36N4O3/c1-24(2,3)25-21(29)16-27-11-13-28(14-12-27)22(30)17-26(4)23(31)20-10-9-18-7-5-6-8-19(18)15-20/h9-10,15H,5-8,11-14,16-17H2,1-4H3,(H,25,29)/p+1. The Bertz CT molecular complexity index is 823. The van der Waals surface area contributed by atoms with Crippen LogP contribution in [0.15, 0.2) is 18.2 Å². The number of aryl methyl sites for hydroxylation is 2. The topological polar surface area (TPSA) is 74.2 Å². The van der Waals surface area contributed by atoms with Crippen molar-refractivity contribution in [1.29, 1.82) is 0 Å². The van der Waals surface area contributed by atoms with Crippen molar-refractivity contribution >= 4 is 17.7 Å². The van der Waals surface area contributed by atoms with Crippen LogP contribution in [0.5, 0.6) is 0 Å². The molecule has 170 valence electrons. The molecule has 0 spiro atoms. The lowest BCUT2D eigenvalue weighted by Crippen LogP contribution is -3.16. The molecule has 1 aliphatic heterocycles. The average molecular weight is 430 g/mol. The van der Waals surface area contributed by atoms with Gasteiger partial charge < -0.3 is 20.0 Å². The second-order valence-electron chi connectivity index (χ2n) is 9.96. The Morgan fingerprint density at radius 1 is 1.06 bits per heavy atom. The van der Waals surface area contributed by atoms with Crippen LogP contribution in [0, 0.1) is 0 Å². The van der Waals surface area contributed by atoms with Crippen LogP contribution in [-0.2, 0) is 22.4 Å². The summed E-state index contributed by atoms with van der Waals surface area (Å²) in [7, 11) is 1.69. The molecule has 1 saturated heterocycles. The SMILES string of the molecule is CN(CC(=O)N1CC[NH+](CC(=O)NC(C)(C)C)CC1)C(=O)c1ccc2c(c1)CCCC2. The number of fused-ring (bicyclic) bond motifs is 1. The fraction of sp³-hybridized carbons (Fsp3) is 0.625. The maximum atomic E-state index is 12.8. The highest BCUT2D eigenvalue weighted by atomic mass is 16.2. The van der Waals surface area contributed by atoms with Crippen molar-refractivity contribution in [3.63, 3.8) is 0 Å². The van der Waals surface area contributed by atoms with Gasteiger partial charge >= 0.3 is 0 Å². The highest BCUT2D eigenvalue weighted by molar-refractivity contribution is 5.96. The quantitative estimate of drug-likeness (QED) is 0.706. The first kappa shape index (κ1) is 23.3. The van der Waals surface area contributed by atoms with Gasteiger partial charge in [0.1, 0.15) is 0 Å². The number of hydrogen-bond donors (Lipinski definition) is 2. The number of piperazine rings is 1. The Morgan fingerprint density at radius 3 is 2.35 bits per heavy atom. The third-order valence-electron chi connectivity index (χ3n) is 6.06. The largest absolute Gasteiger partial charge is 0.347 e. The van der Waals surface area contributed by atoms with Gasteiger partial charge in [0.2, 0.25) is 5.91 Å². The van der Waals surface area contributed by atoms with Crippen molar-refractivity contribution in [2.24, 2.45) is 0 Å². The molecule has 0 radical (unpaired) electrons. The van der Waals surface area contributed by atoms with E-state index in [1.54, 1.807) is 7.05 Å². The maximum absolute atomic E-state index is 12.8. The van der Waals surface area contributed by atoms with E-state index in [-0.39, 0.29) is 29.8 Å². The lowest BCUT2D eigenvalue weighted by atomic mass is 9.90. The lowest BCUT2D eigenvalue weighted by molar-refractivity contribution is -0.896. The highest BCUT2D eigenvalue weighted by Crippen LogP contribution is 2.22. The molecule has 1 fully saturated rings. The number of carbonyl (C=O) groups excluding carboxylic acids is 3. The van der Waals surface area contributed by atoms with Crippen molar-refractivity contribution in [1.82, 2.24) is 15.1 Å². The fourth-order valence-corrected chi connectivity index (χ4v) is 4.40. The summed E-state index contributed by atoms with van der Waals surface area (Å²) >= 11 is 0. The fourth-order valence-electron chi connectivity index (χ4n) is 4.40. The normalized spacial score (nSPS) is 17.1. The van der Waals surface area contributed by atoms with Gasteiger partial charge in [-0.25, -0.2) is 0 Å². The Kier molecular flexibility index (Phi) is 7.36. The first-order valence-electron chi connectivity index (χ1n) is 11.4. The van der Waals surface area contributed by atoms with E-state index in [0.29, 0.717) is 25.2 Å². The molecule has 1 aliphatic carbocycles. The highest BCUT2D eigenvalue weighted by Gasteiger charge is 2.27. The van der Waals surface area contributed by atoms with Gasteiger partial charge in [0, 0.05) is 18.2 Å². The second-order valence-corrected chi connectivity index (χ2v) is 9.96. The van der Waals surface area contributed by atoms with E-state index < -0.39 is 0 Å². The van der Waals surface area contributed by atoms with E-state index in [2.05, 4.69) is 11.4 Å². The van der Waals surface area contributed by atoms with Gasteiger partial charge in [0.15, 0.2) is 6.54 Å². The summed E-state index contributed by atoms with van der Waals surface area (Å²) in [6.07, 6.45) is 4.50. The molecule has 7 nitrogen and oxygen atoms in total. The van der Waals surface area contributed by atoms with Crippen LogP contribution in [0.3, 0.4) is 0 Å². The molecule has 7 heteroatoms. The van der Waals surface area contributed by atoms with Gasteiger partial charge in [0.25, 0.3) is 11.8 Å². The molecule has 3 amide bonds. The van der Waals surface area contributed by atoms with Crippen LogP contribution in [0.25, 0.3) is 0 Å². The summed E-state index contributed by atoms with van der Waals surface area (Å²) in [6, 6.07) is 5.95. The third-order valence-corrected chi connectivity index (χ3v) is 6.06. The van der Waals surface area contributed by atoms with Crippen LogP contribution in [0.4, 0.5) is 0 Å². The summed E-state index contributed by atoms with van der Waals surface area (Å²) < 4.78 is 0. The first-order valence-corrected chi connectivity index (χ1v) is 11.4. The third kappa shape index (κ3) is 6.53. The summed E-state index contributed by atoms with van der Waals surface area (Å²) in [4.78, 5) is 42.2. The summed E-state index contributed by atoms with van der Waals surface area (Å²) in [5, 5.41) is 2.99. The first-order chi connectivity index (χ1) is 14.6. The molecule has 2 N–H and O–H groups in total. The lowest BCUT2D eigenvalue weighted by Gasteiger charge is -2.33. The van der Waals surface area contributed by atoms with Crippen molar-refractivity contribution in [3.05, 3.63) is 34.9 Å². The predicted molar refractivity (Wildman–Crippen MR) is 120 cm³/mol. The number of carbonyl (C=O) groups is 3. The predicted octanol–water partition coefficient (Wildman–Crippen LogP) is 0.279. The number of likely N-dealkylation sites (N-methyl/N-ethyl adjacent to an activating group) is 1. The molecule has 1 aromatic rings. The Morgan fingerprint density at radius 2 is 1.71 bits per heavy atom. The van der Waals surface area contributed by atoms with Gasteiger partial charge in [-0.05, 0) is 69.7 Å². The molecule has 31 heavy (non-hydrogen) atoms. The average Bonchev–Trinajstić information content (AvgIpc) is 2.71. The number of benzene rings is 1. The molecule has 2 aliphatic rings. The monoisotopic (exact) mass is 429 g/mol. The van der Waals surface area contributed by atoms with Crippen molar-refractivity contribution in [2.75, 3.05) is 46.3 Å². The molecule has 0 atom stereocenters. The Hall–Kier alpha value is -2.41. The minimum Gasteiger partial charge on any atom is -0.347 e. The van der Waals surface area contributed by atoms with E-state index >= 15 is 0 Å². The molecule has 1 heterocycles. The number of quaternary nitrogens is 1. The molecule has 1 aromatic carbocycles. The number of nitrogens with zero attached hydrogens (tertiary/aromatic N) is 2. The zero-order chi connectivity index (χ0) is 22.6. The van der Waals surface area contributed by atoms with Gasteiger partial charge in [-0.15, -0.1) is 0 Å². The van der Waals surface area contributed by atoms with Crippen molar-refractivity contribution in [2.45, 2.75) is 52.0 Å². The smallest absolute Gasteiger partial charge is 0.275 e. The van der Waals surface area contributed by atoms with Crippen molar-refractivity contribution in [3.8, 4) is 0 Å². The minimum atomic E-state index is -0.233. The number of rotatable bonds is 5. The molecule has 0 bridgehead atoms. The Labute approximate surface area is 185 Å². The van der Waals surface area contributed by atoms with E-state index in [0.717, 1.165) is 25.9 Å². The van der Waals surface area contributed by atoms with Gasteiger partial charge in [0.05, 0.1) is 32.7 Å². The maximum Gasteiger partial charge on any atom is 0.275 e. The van der Waals surface area contributed by atoms with Gasteiger partial charge in [-0.2, -0.15) is 0 Å². The number of amides is 3. The summed E-state index contributed by atoms with van der Waals surface area (Å²) in [5.41, 5.74) is 3.04. The molecule has 3 rings (SSSR count). The van der Waals surface area contributed by atoms with Crippen LogP contribution in [0.2, 0.25) is 0 Å². The zero-order valence-corrected chi connectivity index (χ0v) is 19.4. The van der Waals surface area contributed by atoms with Crippen LogP contribution < -0.4 is 10.2 Å². The van der Waals surface area contributed by atoms with Gasteiger partial charge in [-0.1, -0.05) is 6.07 Å². The zero-order valence-electron chi connectivity index (χ0n) is 19.4. The van der Waals surface area contributed by atoms with E-state index in [1.807, 2.05) is 37.8 Å². The van der Waals surface area contributed by atoms with Crippen molar-refractivity contribution < 1.29 is 19.3 Å². The van der Waals surface area contributed by atoms with Gasteiger partial charge in [-0.3, -0.25) is 14.4 Å². The van der Waals surface area contributed by atoms with E-state index in [9.17, 15) is 14.4 Å². The molecular weight excluding hydrogens is 392 g/mol. The molecular formula is C24H37N4O3+. The van der Waals surface area contributed by atoms with Crippen LogP contribution in [-0.4, -0.2) is 79.4 Å². The minimum absolute atomic E-state index is 0.0352. The Balaban J connectivity index is 1.47. The number of nitrogens with one attached hydrogen (secondary N) is 2. The molecule has 0 unspecified atom stereocenters. The summed E-state index contributed by atoms with van der Waals surface area (Å²) in [5.74, 6) is -0.102.